The largest absolute Gasteiger partial charge is 0.365 e. The van der Waals surface area contributed by atoms with Crippen LogP contribution in [0, 0.1) is 0 Å². The number of nitrogens with one attached hydrogen (secondary N) is 1. The minimum absolute atomic E-state index is 0.415. The van der Waals surface area contributed by atoms with Crippen molar-refractivity contribution in [2.24, 2.45) is 0 Å². The van der Waals surface area contributed by atoms with Crippen LogP contribution in [0.2, 0.25) is 0 Å². The van der Waals surface area contributed by atoms with Crippen LogP contribution in [0.25, 0.3) is 0 Å². The molecule has 0 saturated heterocycles. The lowest BCUT2D eigenvalue weighted by Gasteiger charge is -2.32. The summed E-state index contributed by atoms with van der Waals surface area (Å²) >= 11 is 2.09. The maximum absolute atomic E-state index is 13.5. The standard InChI is InChI=1S/C8H17FINO/c1-7(2,9)8(3,10)5-12-6-11-4/h11H,5-6H2,1-4H3. The molecule has 1 unspecified atom stereocenters. The molecule has 0 aromatic carbocycles. The predicted molar refractivity (Wildman–Crippen MR) is 57.5 cm³/mol. The molecule has 0 aromatic heterocycles. The van der Waals surface area contributed by atoms with E-state index < -0.39 is 9.09 Å². The minimum Gasteiger partial charge on any atom is -0.365 e. The first-order valence-corrected chi connectivity index (χ1v) is 4.99. The molecule has 0 bridgehead atoms. The van der Waals surface area contributed by atoms with Gasteiger partial charge in [-0.15, -0.1) is 0 Å². The molecule has 0 aliphatic rings. The molecule has 0 saturated carbocycles. The Morgan fingerprint density at radius 3 is 2.25 bits per heavy atom. The van der Waals surface area contributed by atoms with Crippen molar-refractivity contribution in [2.75, 3.05) is 20.4 Å². The highest BCUT2D eigenvalue weighted by Crippen LogP contribution is 2.34. The molecule has 1 atom stereocenters. The number of alkyl halides is 2. The van der Waals surface area contributed by atoms with E-state index in [4.69, 9.17) is 4.74 Å². The van der Waals surface area contributed by atoms with Crippen molar-refractivity contribution in [1.29, 1.82) is 0 Å². The van der Waals surface area contributed by atoms with Crippen LogP contribution in [0.4, 0.5) is 4.39 Å². The average Bonchev–Trinajstić information content (AvgIpc) is 1.85. The lowest BCUT2D eigenvalue weighted by molar-refractivity contribution is 0.0560. The summed E-state index contributed by atoms with van der Waals surface area (Å²) in [7, 11) is 1.80. The normalized spacial score (nSPS) is 17.5. The Hall–Kier alpha value is 0.580. The van der Waals surface area contributed by atoms with E-state index in [0.717, 1.165) is 0 Å². The second-order valence-electron chi connectivity index (χ2n) is 3.52. The van der Waals surface area contributed by atoms with Crippen molar-refractivity contribution < 1.29 is 9.13 Å². The van der Waals surface area contributed by atoms with Crippen molar-refractivity contribution in [3.8, 4) is 0 Å². The Bertz CT molecular complexity index is 134. The van der Waals surface area contributed by atoms with E-state index >= 15 is 0 Å². The quantitative estimate of drug-likeness (QED) is 0.362. The Balaban J connectivity index is 3.88. The molecule has 1 N–H and O–H groups in total. The zero-order valence-electron chi connectivity index (χ0n) is 8.08. The minimum atomic E-state index is -1.22. The summed E-state index contributed by atoms with van der Waals surface area (Å²) in [6.07, 6.45) is 0. The van der Waals surface area contributed by atoms with Crippen LogP contribution in [0.1, 0.15) is 20.8 Å². The third-order valence-corrected chi connectivity index (χ3v) is 3.45. The maximum Gasteiger partial charge on any atom is 0.121 e. The number of ether oxygens (including phenoxy) is 1. The third-order valence-electron chi connectivity index (χ3n) is 1.86. The van der Waals surface area contributed by atoms with E-state index in [0.29, 0.717) is 13.3 Å². The Labute approximate surface area is 87.4 Å². The second kappa shape index (κ2) is 4.72. The molecule has 0 rings (SSSR count). The molecule has 0 radical (unpaired) electrons. The number of hydrogen-bond donors (Lipinski definition) is 1. The van der Waals surface area contributed by atoms with E-state index in [1.54, 1.807) is 20.9 Å². The predicted octanol–water partition coefficient (Wildman–Crippen LogP) is 2.12. The number of halogens is 2. The van der Waals surface area contributed by atoms with E-state index in [1.165, 1.54) is 0 Å². The van der Waals surface area contributed by atoms with Crippen LogP contribution in [-0.2, 0) is 4.74 Å². The molecule has 0 fully saturated rings. The van der Waals surface area contributed by atoms with Crippen LogP contribution in [0.5, 0.6) is 0 Å². The lowest BCUT2D eigenvalue weighted by Crippen LogP contribution is -2.43. The molecule has 12 heavy (non-hydrogen) atoms. The highest BCUT2D eigenvalue weighted by molar-refractivity contribution is 14.1. The number of rotatable bonds is 5. The summed E-state index contributed by atoms with van der Waals surface area (Å²) in [5, 5.41) is 2.84. The van der Waals surface area contributed by atoms with Crippen LogP contribution in [0.3, 0.4) is 0 Å². The summed E-state index contributed by atoms with van der Waals surface area (Å²) in [6.45, 7) is 5.88. The van der Waals surface area contributed by atoms with Gasteiger partial charge >= 0.3 is 0 Å². The van der Waals surface area contributed by atoms with E-state index in [-0.39, 0.29) is 0 Å². The summed E-state index contributed by atoms with van der Waals surface area (Å²) in [4.78, 5) is 0. The Kier molecular flexibility index (Phi) is 4.94. The second-order valence-corrected chi connectivity index (χ2v) is 5.90. The van der Waals surface area contributed by atoms with Crippen LogP contribution >= 0.6 is 22.6 Å². The summed E-state index contributed by atoms with van der Waals surface area (Å²) in [5.74, 6) is 0. The molecule has 0 aliphatic heterocycles. The van der Waals surface area contributed by atoms with E-state index in [9.17, 15) is 4.39 Å². The van der Waals surface area contributed by atoms with Crippen molar-refractivity contribution in [2.45, 2.75) is 29.9 Å². The van der Waals surface area contributed by atoms with Crippen LogP contribution in [-0.4, -0.2) is 29.5 Å². The lowest BCUT2D eigenvalue weighted by atomic mass is 9.96. The van der Waals surface area contributed by atoms with Gasteiger partial charge in [0.15, 0.2) is 0 Å². The fourth-order valence-electron chi connectivity index (χ4n) is 0.516. The zero-order valence-corrected chi connectivity index (χ0v) is 10.2. The van der Waals surface area contributed by atoms with Crippen LogP contribution in [0.15, 0.2) is 0 Å². The molecule has 0 amide bonds. The van der Waals surface area contributed by atoms with Crippen molar-refractivity contribution >= 4 is 22.6 Å². The first-order valence-electron chi connectivity index (χ1n) is 3.91. The van der Waals surface area contributed by atoms with Gasteiger partial charge in [-0.25, -0.2) is 4.39 Å². The molecule has 74 valence electrons. The van der Waals surface area contributed by atoms with Crippen molar-refractivity contribution in [3.63, 3.8) is 0 Å². The smallest absolute Gasteiger partial charge is 0.121 e. The van der Waals surface area contributed by atoms with Gasteiger partial charge in [0.2, 0.25) is 0 Å². The van der Waals surface area contributed by atoms with Gasteiger partial charge in [-0.3, -0.25) is 5.32 Å². The molecule has 0 aromatic rings. The van der Waals surface area contributed by atoms with E-state index in [1.807, 2.05) is 6.92 Å². The summed E-state index contributed by atoms with van der Waals surface area (Å²) in [6, 6.07) is 0. The first-order chi connectivity index (χ1) is 5.31. The molecule has 0 spiro atoms. The average molecular weight is 289 g/mol. The molecule has 2 nitrogen and oxygen atoms in total. The Morgan fingerprint density at radius 1 is 1.42 bits per heavy atom. The van der Waals surface area contributed by atoms with Gasteiger partial charge in [0.05, 0.1) is 16.8 Å². The van der Waals surface area contributed by atoms with Gasteiger partial charge < -0.3 is 4.74 Å². The van der Waals surface area contributed by atoms with Gasteiger partial charge in [0, 0.05) is 0 Å². The molecule has 0 aliphatic carbocycles. The highest BCUT2D eigenvalue weighted by Gasteiger charge is 2.39. The van der Waals surface area contributed by atoms with Gasteiger partial charge in [-0.1, -0.05) is 22.6 Å². The monoisotopic (exact) mass is 289 g/mol. The van der Waals surface area contributed by atoms with Crippen molar-refractivity contribution in [3.05, 3.63) is 0 Å². The third kappa shape index (κ3) is 4.00. The topological polar surface area (TPSA) is 21.3 Å². The summed E-state index contributed by atoms with van der Waals surface area (Å²) in [5.41, 5.74) is -1.22. The maximum atomic E-state index is 13.5. The van der Waals surface area contributed by atoms with Crippen molar-refractivity contribution in [1.82, 2.24) is 5.32 Å². The van der Waals surface area contributed by atoms with Gasteiger partial charge in [0.25, 0.3) is 0 Å². The van der Waals surface area contributed by atoms with E-state index in [2.05, 4.69) is 27.9 Å². The van der Waals surface area contributed by atoms with Gasteiger partial charge in [0.1, 0.15) is 5.67 Å². The fraction of sp³-hybridized carbons (Fsp3) is 1.00. The highest BCUT2D eigenvalue weighted by atomic mass is 127. The van der Waals surface area contributed by atoms with Crippen LogP contribution < -0.4 is 5.32 Å². The number of hydrogen-bond acceptors (Lipinski definition) is 2. The molecule has 4 heteroatoms. The fourth-order valence-corrected chi connectivity index (χ4v) is 0.737. The van der Waals surface area contributed by atoms with Gasteiger partial charge in [-0.05, 0) is 27.8 Å². The molecular weight excluding hydrogens is 272 g/mol. The molecular formula is C8H17FINO. The summed E-state index contributed by atoms with van der Waals surface area (Å²) < 4.78 is 18.2. The SMILES string of the molecule is CNCOCC(C)(I)C(C)(C)F. The molecule has 0 heterocycles. The Morgan fingerprint density at radius 2 is 1.92 bits per heavy atom. The zero-order chi connectivity index (χ0) is 9.83. The van der Waals surface area contributed by atoms with Gasteiger partial charge in [-0.2, -0.15) is 0 Å². The first kappa shape index (κ1) is 12.6.